The van der Waals surface area contributed by atoms with Crippen LogP contribution in [0.4, 0.5) is 0 Å². The highest BCUT2D eigenvalue weighted by Gasteiger charge is 2.32. The lowest BCUT2D eigenvalue weighted by Gasteiger charge is -2.36. The molecule has 0 spiro atoms. The number of rotatable bonds is 2. The Bertz CT molecular complexity index is 531. The van der Waals surface area contributed by atoms with Gasteiger partial charge in [-0.2, -0.15) is 5.10 Å². The molecule has 0 bridgehead atoms. The van der Waals surface area contributed by atoms with Crippen molar-refractivity contribution in [1.29, 1.82) is 0 Å². The van der Waals surface area contributed by atoms with E-state index >= 15 is 0 Å². The molecule has 2 fully saturated rings. The molecule has 0 aliphatic carbocycles. The Labute approximate surface area is 126 Å². The summed E-state index contributed by atoms with van der Waals surface area (Å²) in [4.78, 5) is 14.9. The molecule has 1 aromatic heterocycles. The first-order valence-corrected chi connectivity index (χ1v) is 8.10. The van der Waals surface area contributed by atoms with Crippen molar-refractivity contribution in [3.8, 4) is 0 Å². The Hall–Kier alpha value is -1.36. The molecule has 2 saturated heterocycles. The van der Waals surface area contributed by atoms with Gasteiger partial charge in [0.1, 0.15) is 0 Å². The van der Waals surface area contributed by atoms with Crippen LogP contribution in [0.15, 0.2) is 0 Å². The summed E-state index contributed by atoms with van der Waals surface area (Å²) < 4.78 is 1.81. The van der Waals surface area contributed by atoms with Gasteiger partial charge in [0.25, 0.3) is 5.91 Å². The molecule has 0 radical (unpaired) electrons. The number of amides is 1. The van der Waals surface area contributed by atoms with Crippen LogP contribution in [0.2, 0.25) is 0 Å². The standard InChI is InChI=1S/C16H26N4O/c1-11-15(12(2)19(3)18-11)16(21)20-9-5-6-13(10-20)14-7-4-8-17-14/h13-14,17H,4-10H2,1-3H3. The molecule has 2 unspecified atom stereocenters. The van der Waals surface area contributed by atoms with Crippen LogP contribution in [0, 0.1) is 19.8 Å². The molecule has 5 nitrogen and oxygen atoms in total. The van der Waals surface area contributed by atoms with E-state index in [0.717, 1.165) is 43.0 Å². The fourth-order valence-corrected chi connectivity index (χ4v) is 3.88. The Morgan fingerprint density at radius 1 is 1.29 bits per heavy atom. The fraction of sp³-hybridized carbons (Fsp3) is 0.750. The number of likely N-dealkylation sites (tertiary alicyclic amines) is 1. The maximum absolute atomic E-state index is 12.9. The van der Waals surface area contributed by atoms with Crippen LogP contribution in [0.5, 0.6) is 0 Å². The molecule has 3 heterocycles. The van der Waals surface area contributed by atoms with E-state index in [4.69, 9.17) is 0 Å². The number of carbonyl (C=O) groups excluding carboxylic acids is 1. The van der Waals surface area contributed by atoms with Gasteiger partial charge in [0.05, 0.1) is 11.3 Å². The Kier molecular flexibility index (Phi) is 4.02. The molecular formula is C16H26N4O. The largest absolute Gasteiger partial charge is 0.338 e. The van der Waals surface area contributed by atoms with E-state index in [1.54, 1.807) is 0 Å². The molecule has 1 aromatic rings. The SMILES string of the molecule is Cc1nn(C)c(C)c1C(=O)N1CCCC(C2CCCN2)C1. The number of aryl methyl sites for hydroxylation is 2. The van der Waals surface area contributed by atoms with Crippen molar-refractivity contribution in [1.82, 2.24) is 20.0 Å². The third-order valence-corrected chi connectivity index (χ3v) is 5.14. The Balaban J connectivity index is 1.74. The second kappa shape index (κ2) is 5.79. The van der Waals surface area contributed by atoms with Crippen molar-refractivity contribution < 1.29 is 4.79 Å². The minimum atomic E-state index is 0.167. The highest BCUT2D eigenvalue weighted by molar-refractivity contribution is 5.96. The van der Waals surface area contributed by atoms with E-state index < -0.39 is 0 Å². The second-order valence-corrected chi connectivity index (χ2v) is 6.53. The lowest BCUT2D eigenvalue weighted by molar-refractivity contribution is 0.0649. The molecule has 0 saturated carbocycles. The lowest BCUT2D eigenvalue weighted by Crippen LogP contribution is -2.46. The average Bonchev–Trinajstić information content (AvgIpc) is 3.08. The molecular weight excluding hydrogens is 264 g/mol. The molecule has 0 aromatic carbocycles. The van der Waals surface area contributed by atoms with Gasteiger partial charge in [-0.15, -0.1) is 0 Å². The smallest absolute Gasteiger partial charge is 0.257 e. The fourth-order valence-electron chi connectivity index (χ4n) is 3.88. The average molecular weight is 290 g/mol. The highest BCUT2D eigenvalue weighted by Crippen LogP contribution is 2.26. The van der Waals surface area contributed by atoms with Crippen LogP contribution >= 0.6 is 0 Å². The van der Waals surface area contributed by atoms with Gasteiger partial charge >= 0.3 is 0 Å². The van der Waals surface area contributed by atoms with Gasteiger partial charge in [-0.05, 0) is 52.0 Å². The molecule has 3 rings (SSSR count). The Morgan fingerprint density at radius 3 is 2.71 bits per heavy atom. The van der Waals surface area contributed by atoms with Crippen LogP contribution in [-0.4, -0.2) is 46.3 Å². The molecule has 5 heteroatoms. The molecule has 116 valence electrons. The zero-order valence-corrected chi connectivity index (χ0v) is 13.4. The van der Waals surface area contributed by atoms with Gasteiger partial charge < -0.3 is 10.2 Å². The van der Waals surface area contributed by atoms with E-state index in [1.807, 2.05) is 30.5 Å². The quantitative estimate of drug-likeness (QED) is 0.901. The number of carbonyl (C=O) groups is 1. The van der Waals surface area contributed by atoms with E-state index in [1.165, 1.54) is 19.3 Å². The van der Waals surface area contributed by atoms with Gasteiger partial charge in [0.2, 0.25) is 0 Å². The summed E-state index contributed by atoms with van der Waals surface area (Å²) in [7, 11) is 1.90. The molecule has 2 atom stereocenters. The van der Waals surface area contributed by atoms with Crippen molar-refractivity contribution in [2.24, 2.45) is 13.0 Å². The van der Waals surface area contributed by atoms with Crippen LogP contribution in [0.25, 0.3) is 0 Å². The topological polar surface area (TPSA) is 50.2 Å². The molecule has 21 heavy (non-hydrogen) atoms. The number of aromatic nitrogens is 2. The maximum Gasteiger partial charge on any atom is 0.257 e. The molecule has 2 aliphatic heterocycles. The molecule has 2 aliphatic rings. The van der Waals surface area contributed by atoms with Crippen LogP contribution in [0.1, 0.15) is 47.4 Å². The number of piperidine rings is 1. The van der Waals surface area contributed by atoms with Crippen LogP contribution in [0.3, 0.4) is 0 Å². The van der Waals surface area contributed by atoms with Gasteiger partial charge in [-0.1, -0.05) is 0 Å². The second-order valence-electron chi connectivity index (χ2n) is 6.53. The van der Waals surface area contributed by atoms with E-state index in [-0.39, 0.29) is 5.91 Å². The maximum atomic E-state index is 12.9. The molecule has 1 amide bonds. The predicted octanol–water partition coefficient (Wildman–Crippen LogP) is 1.64. The third-order valence-electron chi connectivity index (χ3n) is 5.14. The van der Waals surface area contributed by atoms with Crippen molar-refractivity contribution in [2.45, 2.75) is 45.6 Å². The molecule has 1 N–H and O–H groups in total. The van der Waals surface area contributed by atoms with Gasteiger partial charge in [0, 0.05) is 31.9 Å². The summed E-state index contributed by atoms with van der Waals surface area (Å²) in [6.45, 7) is 6.82. The van der Waals surface area contributed by atoms with Gasteiger partial charge in [-0.25, -0.2) is 0 Å². The van der Waals surface area contributed by atoms with Crippen molar-refractivity contribution in [3.63, 3.8) is 0 Å². The minimum Gasteiger partial charge on any atom is -0.338 e. The first kappa shape index (κ1) is 14.6. The number of hydrogen-bond donors (Lipinski definition) is 1. The van der Waals surface area contributed by atoms with Crippen molar-refractivity contribution in [2.75, 3.05) is 19.6 Å². The number of nitrogens with one attached hydrogen (secondary N) is 1. The van der Waals surface area contributed by atoms with Gasteiger partial charge in [-0.3, -0.25) is 9.48 Å². The first-order chi connectivity index (χ1) is 10.1. The minimum absolute atomic E-state index is 0.167. The lowest BCUT2D eigenvalue weighted by atomic mass is 9.89. The van der Waals surface area contributed by atoms with Crippen LogP contribution < -0.4 is 5.32 Å². The van der Waals surface area contributed by atoms with Crippen molar-refractivity contribution in [3.05, 3.63) is 17.0 Å². The van der Waals surface area contributed by atoms with E-state index in [0.29, 0.717) is 12.0 Å². The summed E-state index contributed by atoms with van der Waals surface area (Å²) in [6, 6.07) is 0.608. The van der Waals surface area contributed by atoms with E-state index in [2.05, 4.69) is 10.4 Å². The van der Waals surface area contributed by atoms with Gasteiger partial charge in [0.15, 0.2) is 0 Å². The summed E-state index contributed by atoms with van der Waals surface area (Å²) in [5.74, 6) is 0.781. The zero-order valence-electron chi connectivity index (χ0n) is 13.4. The summed E-state index contributed by atoms with van der Waals surface area (Å²) in [6.07, 6.45) is 4.90. The van der Waals surface area contributed by atoms with Crippen molar-refractivity contribution >= 4 is 5.91 Å². The summed E-state index contributed by atoms with van der Waals surface area (Å²) >= 11 is 0. The Morgan fingerprint density at radius 2 is 2.10 bits per heavy atom. The summed E-state index contributed by atoms with van der Waals surface area (Å²) in [5.41, 5.74) is 2.62. The van der Waals surface area contributed by atoms with E-state index in [9.17, 15) is 4.79 Å². The number of nitrogens with zero attached hydrogens (tertiary/aromatic N) is 3. The summed E-state index contributed by atoms with van der Waals surface area (Å²) in [5, 5.41) is 7.98. The first-order valence-electron chi connectivity index (χ1n) is 8.10. The third kappa shape index (κ3) is 2.71. The zero-order chi connectivity index (χ0) is 15.0. The number of hydrogen-bond acceptors (Lipinski definition) is 3. The normalized spacial score (nSPS) is 26.3. The highest BCUT2D eigenvalue weighted by atomic mass is 16.2. The predicted molar refractivity (Wildman–Crippen MR) is 82.3 cm³/mol. The monoisotopic (exact) mass is 290 g/mol. The van der Waals surface area contributed by atoms with Crippen LogP contribution in [-0.2, 0) is 7.05 Å².